The molecule has 6 heteroatoms. The molecule has 0 heterocycles. The summed E-state index contributed by atoms with van der Waals surface area (Å²) in [5.41, 5.74) is 0. The van der Waals surface area contributed by atoms with Gasteiger partial charge in [-0.1, -0.05) is 340 Å². The van der Waals surface area contributed by atoms with E-state index < -0.39 is 6.10 Å². The topological polar surface area (TPSA) is 78.9 Å². The average molecular weight is 1110 g/mol. The van der Waals surface area contributed by atoms with Crippen molar-refractivity contribution >= 4 is 17.9 Å². The lowest BCUT2D eigenvalue weighted by atomic mass is 10.0. The molecule has 0 radical (unpaired) electrons. The molecule has 6 nitrogen and oxygen atoms in total. The highest BCUT2D eigenvalue weighted by Crippen LogP contribution is 2.19. The summed E-state index contributed by atoms with van der Waals surface area (Å²) < 4.78 is 17.0. The van der Waals surface area contributed by atoms with Crippen LogP contribution >= 0.6 is 0 Å². The molecule has 0 aliphatic heterocycles. The third-order valence-corrected chi connectivity index (χ3v) is 16.4. The van der Waals surface area contributed by atoms with E-state index in [-0.39, 0.29) is 31.1 Å². The Morgan fingerprint density at radius 3 is 0.633 bits per heavy atom. The van der Waals surface area contributed by atoms with Gasteiger partial charge >= 0.3 is 17.9 Å². The molecule has 0 rings (SSSR count). The molecule has 0 aliphatic rings. The molecule has 0 saturated carbocycles. The highest BCUT2D eigenvalue weighted by molar-refractivity contribution is 5.71. The molecule has 0 fully saturated rings. The van der Waals surface area contributed by atoms with Crippen molar-refractivity contribution in [1.29, 1.82) is 0 Å². The van der Waals surface area contributed by atoms with Crippen LogP contribution in [0.1, 0.15) is 406 Å². The predicted octanol–water partition coefficient (Wildman–Crippen LogP) is 24.6. The van der Waals surface area contributed by atoms with Crippen LogP contribution in [0, 0.1) is 0 Å². The Bertz CT molecular complexity index is 1270. The molecule has 0 aromatic heterocycles. The Kier molecular flexibility index (Phi) is 66.6. The highest BCUT2D eigenvalue weighted by Gasteiger charge is 2.19. The van der Waals surface area contributed by atoms with Crippen LogP contribution in [0.15, 0.2) is 24.3 Å². The quantitative estimate of drug-likeness (QED) is 0.0261. The monoisotopic (exact) mass is 1110 g/mol. The van der Waals surface area contributed by atoms with E-state index in [4.69, 9.17) is 14.2 Å². The van der Waals surface area contributed by atoms with Crippen molar-refractivity contribution in [3.8, 4) is 0 Å². The van der Waals surface area contributed by atoms with Crippen LogP contribution in [0.4, 0.5) is 0 Å². The Morgan fingerprint density at radius 2 is 0.418 bits per heavy atom. The fraction of sp³-hybridized carbons (Fsp3) is 0.904. The molecule has 79 heavy (non-hydrogen) atoms. The molecule has 0 aromatic rings. The van der Waals surface area contributed by atoms with E-state index >= 15 is 0 Å². The van der Waals surface area contributed by atoms with Gasteiger partial charge in [0.2, 0.25) is 0 Å². The van der Waals surface area contributed by atoms with Gasteiger partial charge < -0.3 is 14.2 Å². The molecule has 0 bridgehead atoms. The summed E-state index contributed by atoms with van der Waals surface area (Å²) in [5, 5.41) is 0. The zero-order valence-electron chi connectivity index (χ0n) is 53.7. The third-order valence-electron chi connectivity index (χ3n) is 16.4. The number of hydrogen-bond acceptors (Lipinski definition) is 6. The minimum Gasteiger partial charge on any atom is -0.462 e. The number of esters is 3. The maximum absolute atomic E-state index is 12.9. The Hall–Kier alpha value is -2.11. The van der Waals surface area contributed by atoms with Gasteiger partial charge in [0.1, 0.15) is 13.2 Å². The number of rotatable bonds is 67. The van der Waals surface area contributed by atoms with E-state index in [9.17, 15) is 14.4 Å². The normalized spacial score (nSPS) is 12.1. The molecule has 0 spiro atoms. The SMILES string of the molecule is CCCCCCCCC/C=C\CCCCCCCCCC(=O)OC(COC(=O)CCCCCCCCCCCCCCCCCC)COC(=O)CCCCCCCCCCCCCCCCC/C=C\CCCCCCCCCC. The second-order valence-electron chi connectivity index (χ2n) is 24.5. The zero-order valence-corrected chi connectivity index (χ0v) is 53.7. The predicted molar refractivity (Wildman–Crippen MR) is 344 cm³/mol. The first-order valence-electron chi connectivity index (χ1n) is 35.8. The van der Waals surface area contributed by atoms with Crippen molar-refractivity contribution in [3.05, 3.63) is 24.3 Å². The lowest BCUT2D eigenvalue weighted by molar-refractivity contribution is -0.167. The van der Waals surface area contributed by atoms with Gasteiger partial charge in [0.25, 0.3) is 0 Å². The molecule has 0 aliphatic carbocycles. The lowest BCUT2D eigenvalue weighted by Crippen LogP contribution is -2.30. The van der Waals surface area contributed by atoms with Crippen LogP contribution in [-0.2, 0) is 28.6 Å². The molecule has 1 atom stereocenters. The fourth-order valence-electron chi connectivity index (χ4n) is 11.0. The first kappa shape index (κ1) is 76.9. The van der Waals surface area contributed by atoms with Gasteiger partial charge in [-0.05, 0) is 70.6 Å². The summed E-state index contributed by atoms with van der Waals surface area (Å²) >= 11 is 0. The number of carbonyl (C=O) groups excluding carboxylic acids is 3. The Morgan fingerprint density at radius 1 is 0.241 bits per heavy atom. The molecular formula is C73H138O6. The number of unbranched alkanes of at least 4 members (excludes halogenated alkanes) is 52. The number of carbonyl (C=O) groups is 3. The second kappa shape index (κ2) is 68.4. The van der Waals surface area contributed by atoms with Crippen molar-refractivity contribution in [2.24, 2.45) is 0 Å². The van der Waals surface area contributed by atoms with Crippen molar-refractivity contribution in [1.82, 2.24) is 0 Å². The number of ether oxygens (including phenoxy) is 3. The van der Waals surface area contributed by atoms with E-state index in [1.54, 1.807) is 0 Å². The van der Waals surface area contributed by atoms with E-state index in [2.05, 4.69) is 45.1 Å². The second-order valence-corrected chi connectivity index (χ2v) is 24.5. The third kappa shape index (κ3) is 66.6. The van der Waals surface area contributed by atoms with E-state index in [1.165, 1.54) is 308 Å². The smallest absolute Gasteiger partial charge is 0.306 e. The van der Waals surface area contributed by atoms with Gasteiger partial charge in [-0.2, -0.15) is 0 Å². The van der Waals surface area contributed by atoms with Crippen molar-refractivity contribution in [2.45, 2.75) is 412 Å². The minimum absolute atomic E-state index is 0.0667. The van der Waals surface area contributed by atoms with Crippen LogP contribution in [0.2, 0.25) is 0 Å². The van der Waals surface area contributed by atoms with Gasteiger partial charge in [-0.25, -0.2) is 0 Å². The molecule has 1 unspecified atom stereocenters. The van der Waals surface area contributed by atoms with Gasteiger partial charge in [-0.3, -0.25) is 14.4 Å². The zero-order chi connectivity index (χ0) is 57.1. The molecule has 0 aromatic carbocycles. The van der Waals surface area contributed by atoms with Crippen molar-refractivity contribution in [3.63, 3.8) is 0 Å². The summed E-state index contributed by atoms with van der Waals surface area (Å²) in [7, 11) is 0. The van der Waals surface area contributed by atoms with Gasteiger partial charge in [0, 0.05) is 19.3 Å². The van der Waals surface area contributed by atoms with Gasteiger partial charge in [0.15, 0.2) is 6.10 Å². The summed E-state index contributed by atoms with van der Waals surface area (Å²) in [6.45, 7) is 6.72. The standard InChI is InChI=1S/C73H138O6/c1-4-7-10-13-16-19-22-25-28-31-33-34-35-36-37-38-39-40-41-43-45-48-51-54-57-60-63-66-72(75)78-69-70(68-77-71(74)65-62-59-56-53-50-47-44-30-27-24-21-18-15-12-9-6-3)79-73(76)67-64-61-58-55-52-49-46-42-32-29-26-23-20-17-14-11-8-5-2/h29,31-33,70H,4-28,30,34-69H2,1-3H3/b32-29-,33-31-. The molecule has 0 N–H and O–H groups in total. The van der Waals surface area contributed by atoms with Crippen molar-refractivity contribution < 1.29 is 28.6 Å². The highest BCUT2D eigenvalue weighted by atomic mass is 16.6. The van der Waals surface area contributed by atoms with Crippen LogP contribution < -0.4 is 0 Å². The molecular weight excluding hydrogens is 973 g/mol. The van der Waals surface area contributed by atoms with Crippen LogP contribution in [0.5, 0.6) is 0 Å². The number of allylic oxidation sites excluding steroid dienone is 4. The summed E-state index contributed by atoms with van der Waals surface area (Å²) in [6, 6.07) is 0. The first-order valence-corrected chi connectivity index (χ1v) is 35.8. The Labute approximate surface area is 493 Å². The summed E-state index contributed by atoms with van der Waals surface area (Å²) in [5.74, 6) is -0.838. The van der Waals surface area contributed by atoms with Crippen LogP contribution in [0.25, 0.3) is 0 Å². The number of hydrogen-bond donors (Lipinski definition) is 0. The summed E-state index contributed by atoms with van der Waals surface area (Å²) in [6.07, 6.45) is 83.5. The lowest BCUT2D eigenvalue weighted by Gasteiger charge is -2.18. The molecule has 0 saturated heterocycles. The van der Waals surface area contributed by atoms with Crippen LogP contribution in [-0.4, -0.2) is 37.2 Å². The van der Waals surface area contributed by atoms with E-state index in [0.717, 1.165) is 57.8 Å². The van der Waals surface area contributed by atoms with E-state index in [1.807, 2.05) is 0 Å². The van der Waals surface area contributed by atoms with Gasteiger partial charge in [0.05, 0.1) is 0 Å². The van der Waals surface area contributed by atoms with Gasteiger partial charge in [-0.15, -0.1) is 0 Å². The molecule has 0 amide bonds. The Balaban J connectivity index is 4.23. The van der Waals surface area contributed by atoms with Crippen molar-refractivity contribution in [2.75, 3.05) is 13.2 Å². The molecule has 466 valence electrons. The maximum Gasteiger partial charge on any atom is 0.306 e. The first-order chi connectivity index (χ1) is 39.0. The van der Waals surface area contributed by atoms with Crippen LogP contribution in [0.3, 0.4) is 0 Å². The fourth-order valence-corrected chi connectivity index (χ4v) is 11.0. The minimum atomic E-state index is -0.771. The summed E-state index contributed by atoms with van der Waals surface area (Å²) in [4.78, 5) is 38.4. The average Bonchev–Trinajstić information content (AvgIpc) is 3.45. The van der Waals surface area contributed by atoms with E-state index in [0.29, 0.717) is 19.3 Å². The maximum atomic E-state index is 12.9. The largest absolute Gasteiger partial charge is 0.462 e.